The second kappa shape index (κ2) is 56.3. The topological polar surface area (TPSA) is 206 Å². The summed E-state index contributed by atoms with van der Waals surface area (Å²) in [7, 11) is 11.2. The normalized spacial score (nSPS) is 10.1. The van der Waals surface area contributed by atoms with Gasteiger partial charge in [-0.2, -0.15) is 5.10 Å². The maximum atomic E-state index is 5.02. The van der Waals surface area contributed by atoms with Crippen LogP contribution >= 0.6 is 0 Å². The van der Waals surface area contributed by atoms with E-state index in [-0.39, 0.29) is 37.9 Å². The highest BCUT2D eigenvalue weighted by molar-refractivity contribution is 5.26. The maximum Gasteiger partial charge on any atom is 0.316 e. The second-order valence-electron chi connectivity index (χ2n) is 26.3. The summed E-state index contributed by atoms with van der Waals surface area (Å²) in [5, 5.41) is 7.94. The van der Waals surface area contributed by atoms with Gasteiger partial charge in [0, 0.05) is 70.3 Å². The Balaban J connectivity index is -0.000000191. The van der Waals surface area contributed by atoms with E-state index in [1.807, 2.05) is 158 Å². The molecule has 0 N–H and O–H groups in total. The van der Waals surface area contributed by atoms with Gasteiger partial charge in [0.1, 0.15) is 11.6 Å². The van der Waals surface area contributed by atoms with Gasteiger partial charge in [0.05, 0.1) is 92.1 Å². The lowest BCUT2D eigenvalue weighted by Crippen LogP contribution is -2.15. The lowest BCUT2D eigenvalue weighted by Gasteiger charge is -2.18. The molecule has 0 saturated carbocycles. The minimum Gasteiger partial charge on any atom is -0.495 e. The van der Waals surface area contributed by atoms with Crippen LogP contribution in [0.5, 0.6) is 41.0 Å². The van der Waals surface area contributed by atoms with Gasteiger partial charge < -0.3 is 33.2 Å². The molecule has 7 aromatic heterocycles. The number of ether oxygens (including phenoxy) is 7. The first-order valence-electron chi connectivity index (χ1n) is 34.8. The van der Waals surface area contributed by atoms with Crippen LogP contribution in [0, 0.1) is 0 Å². The Labute approximate surface area is 600 Å². The lowest BCUT2D eigenvalue weighted by atomic mass is 9.88. The summed E-state index contributed by atoms with van der Waals surface area (Å²) in [5.74, 6) is 4.80. The van der Waals surface area contributed by atoms with Crippen LogP contribution in [-0.4, -0.2) is 105 Å². The zero-order chi connectivity index (χ0) is 78.3. The summed E-state index contributed by atoms with van der Waals surface area (Å²) in [5.41, 5.74) is 7.27. The van der Waals surface area contributed by atoms with Crippen molar-refractivity contribution in [1.82, 2.24) is 55.1 Å². The Kier molecular flexibility index (Phi) is 59.6. The van der Waals surface area contributed by atoms with Crippen LogP contribution in [0.4, 0.5) is 0 Å². The molecular weight excluding hydrogens is 1230 g/mol. The number of hydrogen-bond acceptors (Lipinski definition) is 18. The Morgan fingerprint density at radius 2 is 0.541 bits per heavy atom. The molecule has 0 aliphatic heterocycles. The minimum atomic E-state index is 0.00622. The monoisotopic (exact) mass is 1370 g/mol. The zero-order valence-corrected chi connectivity index (χ0v) is 70.1. The molecule has 0 radical (unpaired) electrons. The summed E-state index contributed by atoms with van der Waals surface area (Å²) in [4.78, 5) is 37.3. The van der Waals surface area contributed by atoms with Crippen molar-refractivity contribution >= 4 is 0 Å². The van der Waals surface area contributed by atoms with E-state index in [4.69, 9.17) is 33.2 Å². The van der Waals surface area contributed by atoms with E-state index < -0.39 is 0 Å². The average molecular weight is 1370 g/mol. The molecule has 0 bridgehead atoms. The van der Waals surface area contributed by atoms with Gasteiger partial charge in [0.2, 0.25) is 23.5 Å². The third kappa shape index (κ3) is 48.1. The van der Waals surface area contributed by atoms with Gasteiger partial charge in [-0.15, -0.1) is 5.10 Å². The predicted octanol–water partition coefficient (Wildman–Crippen LogP) is 21.5. The molecule has 0 aliphatic rings. The van der Waals surface area contributed by atoms with Gasteiger partial charge in [-0.25, -0.2) is 34.9 Å². The SMILES string of the molecule is CC.CC.CC.CC.CC.CC.CC.COc1ccc(C(C)(C)C)cn1.COc1ccc(C(C)(C)C)cn1.COc1ccc(C(C)(C)C)nc1.COc1ccc(C(C)(C)C)nn1.COc1cnc(C(C)(C)C)cn1.COc1cnc(C(C)(C)C)nc1.COc1ncc(C(C)(C)C)cn1. The molecule has 0 aromatic carbocycles. The van der Waals surface area contributed by atoms with E-state index in [0.717, 1.165) is 34.2 Å². The molecule has 98 heavy (non-hydrogen) atoms. The van der Waals surface area contributed by atoms with Crippen LogP contribution in [0.15, 0.2) is 104 Å². The van der Waals surface area contributed by atoms with Gasteiger partial charge >= 0.3 is 6.01 Å². The molecule has 18 heteroatoms. The van der Waals surface area contributed by atoms with Crippen molar-refractivity contribution in [3.63, 3.8) is 0 Å². The van der Waals surface area contributed by atoms with E-state index in [9.17, 15) is 0 Å². The van der Waals surface area contributed by atoms with Crippen molar-refractivity contribution in [1.29, 1.82) is 0 Å². The third-order valence-electron chi connectivity index (χ3n) is 11.8. The van der Waals surface area contributed by atoms with Crippen molar-refractivity contribution in [2.45, 2.75) is 280 Å². The first-order chi connectivity index (χ1) is 45.8. The average Bonchev–Trinajstić information content (AvgIpc) is 0.961. The van der Waals surface area contributed by atoms with Gasteiger partial charge in [0.15, 0.2) is 5.75 Å². The highest BCUT2D eigenvalue weighted by Crippen LogP contribution is 2.26. The first kappa shape index (κ1) is 104. The fourth-order valence-corrected chi connectivity index (χ4v) is 6.09. The molecule has 0 amide bonds. The fraction of sp³-hybridized carbons (Fsp3) is 0.613. The van der Waals surface area contributed by atoms with E-state index in [2.05, 4.69) is 200 Å². The van der Waals surface area contributed by atoms with Crippen molar-refractivity contribution < 1.29 is 33.2 Å². The Hall–Kier alpha value is -7.63. The number of hydrogen-bond donors (Lipinski definition) is 0. The van der Waals surface area contributed by atoms with Crippen LogP contribution in [0.2, 0.25) is 0 Å². The minimum absolute atomic E-state index is 0.00622. The van der Waals surface area contributed by atoms with Crippen molar-refractivity contribution in [3.8, 4) is 41.0 Å². The zero-order valence-electron chi connectivity index (χ0n) is 70.1. The smallest absolute Gasteiger partial charge is 0.316 e. The van der Waals surface area contributed by atoms with Crippen LogP contribution in [0.25, 0.3) is 0 Å². The summed E-state index contributed by atoms with van der Waals surface area (Å²) in [6.45, 7) is 72.6. The third-order valence-corrected chi connectivity index (χ3v) is 11.8. The molecule has 7 aromatic rings. The molecule has 0 unspecified atom stereocenters. The van der Waals surface area contributed by atoms with Crippen LogP contribution in [0.3, 0.4) is 0 Å². The second-order valence-corrected chi connectivity index (χ2v) is 26.3. The molecule has 0 spiro atoms. The van der Waals surface area contributed by atoms with E-state index in [1.165, 1.54) is 11.1 Å². The van der Waals surface area contributed by atoms with Gasteiger partial charge in [-0.1, -0.05) is 254 Å². The summed E-state index contributed by atoms with van der Waals surface area (Å²) >= 11 is 0. The van der Waals surface area contributed by atoms with Crippen molar-refractivity contribution in [2.24, 2.45) is 0 Å². The Morgan fingerprint density at radius 3 is 0.786 bits per heavy atom. The molecule has 0 atom stereocenters. The van der Waals surface area contributed by atoms with E-state index >= 15 is 0 Å². The van der Waals surface area contributed by atoms with Gasteiger partial charge in [-0.3, -0.25) is 9.97 Å². The molecular formula is C80H143N11O7. The summed E-state index contributed by atoms with van der Waals surface area (Å²) in [6.07, 6.45) is 15.8. The fourth-order valence-electron chi connectivity index (χ4n) is 6.09. The standard InChI is InChI=1S/3C10H15NO.4C9H14N2O.7C2H6/c1-10(2,3)9-6-5-8(12-4)7-11-9;2*1-10(2,3)8-5-6-9(12-4)11-7-8;1-9(2,3)7-5-11-8(12-4)6-10-7;1-9(2,3)8-10-5-7(12-4)6-11-8;1-9(2,3)7-5-10-8(12-4)11-6-7;1-9(2,3)7-5-6-8(12-4)11-10-7;7*1-2/h3*5-7H,1-4H3;4*5-6H,1-4H3;7*1-2H3. The van der Waals surface area contributed by atoms with Crippen molar-refractivity contribution in [2.75, 3.05) is 49.8 Å². The van der Waals surface area contributed by atoms with E-state index in [1.54, 1.807) is 93.1 Å². The summed E-state index contributed by atoms with van der Waals surface area (Å²) in [6, 6.07) is 16.0. The first-order valence-corrected chi connectivity index (χ1v) is 34.8. The number of nitrogens with zero attached hydrogens (tertiary/aromatic N) is 11. The number of pyridine rings is 3. The molecule has 7 rings (SSSR count). The number of rotatable bonds is 7. The molecule has 0 saturated heterocycles. The van der Waals surface area contributed by atoms with Crippen LogP contribution in [-0.2, 0) is 37.9 Å². The van der Waals surface area contributed by atoms with Crippen LogP contribution in [0.1, 0.15) is 282 Å². The number of aromatic nitrogens is 11. The number of methoxy groups -OCH3 is 7. The van der Waals surface area contributed by atoms with Crippen LogP contribution < -0.4 is 33.2 Å². The van der Waals surface area contributed by atoms with Crippen molar-refractivity contribution in [3.05, 3.63) is 144 Å². The van der Waals surface area contributed by atoms with E-state index in [0.29, 0.717) is 35.3 Å². The molecule has 18 nitrogen and oxygen atoms in total. The maximum absolute atomic E-state index is 5.02. The van der Waals surface area contributed by atoms with Gasteiger partial charge in [-0.05, 0) is 51.1 Å². The summed E-state index contributed by atoms with van der Waals surface area (Å²) < 4.78 is 34.6. The molecule has 0 aliphatic carbocycles. The molecule has 7 heterocycles. The molecule has 0 fully saturated rings. The highest BCUT2D eigenvalue weighted by Gasteiger charge is 2.20. The quantitative estimate of drug-likeness (QED) is 0.145. The highest BCUT2D eigenvalue weighted by atomic mass is 16.5. The largest absolute Gasteiger partial charge is 0.495 e. The Morgan fingerprint density at radius 1 is 0.214 bits per heavy atom. The Bertz CT molecular complexity index is 2300. The lowest BCUT2D eigenvalue weighted by molar-refractivity contribution is 0.378. The predicted molar refractivity (Wildman–Crippen MR) is 417 cm³/mol. The molecule has 560 valence electrons. The van der Waals surface area contributed by atoms with Gasteiger partial charge in [0.25, 0.3) is 0 Å².